The molecule has 0 saturated carbocycles. The van der Waals surface area contributed by atoms with Crippen LogP contribution in [0, 0.1) is 5.82 Å². The van der Waals surface area contributed by atoms with Gasteiger partial charge in [0.1, 0.15) is 5.82 Å². The minimum Gasteiger partial charge on any atom is -0.355 e. The topological polar surface area (TPSA) is 41.1 Å². The van der Waals surface area contributed by atoms with E-state index >= 15 is 0 Å². The molecule has 1 aliphatic rings. The molecule has 0 radical (unpaired) electrons. The highest BCUT2D eigenvalue weighted by Gasteiger charge is 2.24. The number of benzene rings is 1. The maximum Gasteiger partial charge on any atom is 0.237 e. The highest BCUT2D eigenvalue weighted by molar-refractivity contribution is 5.82. The molecule has 1 aliphatic heterocycles. The van der Waals surface area contributed by atoms with Gasteiger partial charge in [0.05, 0.1) is 6.04 Å². The van der Waals surface area contributed by atoms with Crippen molar-refractivity contribution in [3.05, 3.63) is 35.6 Å². The van der Waals surface area contributed by atoms with E-state index < -0.39 is 0 Å². The van der Waals surface area contributed by atoms with Crippen LogP contribution in [0.15, 0.2) is 24.3 Å². The Kier molecular flexibility index (Phi) is 4.31. The summed E-state index contributed by atoms with van der Waals surface area (Å²) in [7, 11) is 0. The monoisotopic (exact) mass is 250 g/mol. The lowest BCUT2D eigenvalue weighted by atomic mass is 10.00. The van der Waals surface area contributed by atoms with Gasteiger partial charge in [-0.1, -0.05) is 19.1 Å². The Morgan fingerprint density at radius 1 is 1.56 bits per heavy atom. The number of carbonyl (C=O) groups excluding carboxylic acids is 1. The Labute approximate surface area is 107 Å². The first-order valence-electron chi connectivity index (χ1n) is 6.50. The van der Waals surface area contributed by atoms with Crippen molar-refractivity contribution < 1.29 is 9.18 Å². The lowest BCUT2D eigenvalue weighted by Gasteiger charge is -2.27. The molecule has 1 fully saturated rings. The first kappa shape index (κ1) is 13.0. The Hall–Kier alpha value is -1.42. The molecule has 2 N–H and O–H groups in total. The van der Waals surface area contributed by atoms with E-state index in [1.54, 1.807) is 6.07 Å². The zero-order chi connectivity index (χ0) is 13.0. The van der Waals surface area contributed by atoms with Gasteiger partial charge in [-0.3, -0.25) is 10.1 Å². The third-order valence-electron chi connectivity index (χ3n) is 3.35. The average molecular weight is 250 g/mol. The number of hydrogen-bond donors (Lipinski definition) is 2. The van der Waals surface area contributed by atoms with Crippen LogP contribution >= 0.6 is 0 Å². The fourth-order valence-electron chi connectivity index (χ4n) is 2.35. The van der Waals surface area contributed by atoms with Gasteiger partial charge in [-0.25, -0.2) is 4.39 Å². The molecule has 1 aromatic carbocycles. The predicted molar refractivity (Wildman–Crippen MR) is 68.6 cm³/mol. The predicted octanol–water partition coefficient (Wildman–Crippen LogP) is 2.14. The Balaban J connectivity index is 2.07. The normalized spacial score (nSPS) is 21.4. The number of piperidine rings is 1. The maximum absolute atomic E-state index is 13.2. The van der Waals surface area contributed by atoms with E-state index in [9.17, 15) is 9.18 Å². The molecule has 0 spiro atoms. The lowest BCUT2D eigenvalue weighted by molar-refractivity contribution is -0.124. The molecule has 0 aromatic heterocycles. The third kappa shape index (κ3) is 3.07. The highest BCUT2D eigenvalue weighted by Crippen LogP contribution is 2.19. The van der Waals surface area contributed by atoms with Gasteiger partial charge in [0.25, 0.3) is 0 Å². The molecular weight excluding hydrogens is 231 g/mol. The largest absolute Gasteiger partial charge is 0.355 e. The summed E-state index contributed by atoms with van der Waals surface area (Å²) in [5.74, 6) is -0.183. The summed E-state index contributed by atoms with van der Waals surface area (Å²) in [5.41, 5.74) is 0.899. The summed E-state index contributed by atoms with van der Waals surface area (Å²) in [6, 6.07) is 6.42. The Morgan fingerprint density at radius 2 is 2.39 bits per heavy atom. The van der Waals surface area contributed by atoms with E-state index in [-0.39, 0.29) is 23.8 Å². The van der Waals surface area contributed by atoms with E-state index in [0.29, 0.717) is 0 Å². The number of halogens is 1. The van der Waals surface area contributed by atoms with Crippen LogP contribution in [0.2, 0.25) is 0 Å². The molecule has 1 heterocycles. The summed E-state index contributed by atoms with van der Waals surface area (Å²) in [6.45, 7) is 2.79. The van der Waals surface area contributed by atoms with E-state index in [1.165, 1.54) is 12.1 Å². The number of nitrogens with one attached hydrogen (secondary N) is 2. The summed E-state index contributed by atoms with van der Waals surface area (Å²) >= 11 is 0. The van der Waals surface area contributed by atoms with Crippen LogP contribution in [0.1, 0.15) is 37.8 Å². The smallest absolute Gasteiger partial charge is 0.237 e. The third-order valence-corrected chi connectivity index (χ3v) is 3.35. The molecule has 3 nitrogen and oxygen atoms in total. The molecule has 0 bridgehead atoms. The molecule has 2 unspecified atom stereocenters. The first-order chi connectivity index (χ1) is 8.70. The van der Waals surface area contributed by atoms with E-state index in [0.717, 1.165) is 31.4 Å². The van der Waals surface area contributed by atoms with Crippen LogP contribution in [-0.4, -0.2) is 18.5 Å². The van der Waals surface area contributed by atoms with Gasteiger partial charge in [0.2, 0.25) is 5.91 Å². The second-order valence-corrected chi connectivity index (χ2v) is 4.67. The molecule has 98 valence electrons. The van der Waals surface area contributed by atoms with Crippen molar-refractivity contribution in [1.29, 1.82) is 0 Å². The highest BCUT2D eigenvalue weighted by atomic mass is 19.1. The van der Waals surface area contributed by atoms with Crippen LogP contribution < -0.4 is 10.6 Å². The SMILES string of the molecule is CCC(NC1CCCNC1=O)c1cccc(F)c1. The number of hydrogen-bond acceptors (Lipinski definition) is 2. The Morgan fingerprint density at radius 3 is 3.06 bits per heavy atom. The summed E-state index contributed by atoms with van der Waals surface area (Å²) in [6.07, 6.45) is 2.66. The summed E-state index contributed by atoms with van der Waals surface area (Å²) < 4.78 is 13.2. The molecule has 1 amide bonds. The second kappa shape index (κ2) is 5.96. The average Bonchev–Trinajstić information content (AvgIpc) is 2.38. The van der Waals surface area contributed by atoms with Gasteiger partial charge >= 0.3 is 0 Å². The summed E-state index contributed by atoms with van der Waals surface area (Å²) in [4.78, 5) is 11.7. The maximum atomic E-state index is 13.2. The number of carbonyl (C=O) groups is 1. The van der Waals surface area contributed by atoms with Gasteiger partial charge in [-0.2, -0.15) is 0 Å². The van der Waals surface area contributed by atoms with Crippen LogP contribution in [0.4, 0.5) is 4.39 Å². The zero-order valence-electron chi connectivity index (χ0n) is 10.6. The number of amides is 1. The first-order valence-corrected chi connectivity index (χ1v) is 6.50. The van der Waals surface area contributed by atoms with Gasteiger partial charge in [0.15, 0.2) is 0 Å². The molecule has 2 atom stereocenters. The Bertz CT molecular complexity index is 422. The van der Waals surface area contributed by atoms with Crippen LogP contribution in [-0.2, 0) is 4.79 Å². The van der Waals surface area contributed by atoms with E-state index in [1.807, 2.05) is 13.0 Å². The van der Waals surface area contributed by atoms with Gasteiger partial charge in [-0.05, 0) is 37.0 Å². The molecule has 2 rings (SSSR count). The molecule has 1 aromatic rings. The van der Waals surface area contributed by atoms with Crippen molar-refractivity contribution in [2.24, 2.45) is 0 Å². The van der Waals surface area contributed by atoms with E-state index in [4.69, 9.17) is 0 Å². The van der Waals surface area contributed by atoms with E-state index in [2.05, 4.69) is 10.6 Å². The van der Waals surface area contributed by atoms with Gasteiger partial charge in [-0.15, -0.1) is 0 Å². The number of rotatable bonds is 4. The van der Waals surface area contributed by atoms with Gasteiger partial charge in [0, 0.05) is 12.6 Å². The fourth-order valence-corrected chi connectivity index (χ4v) is 2.35. The minimum atomic E-state index is -0.235. The van der Waals surface area contributed by atoms with Crippen molar-refractivity contribution >= 4 is 5.91 Å². The van der Waals surface area contributed by atoms with Crippen molar-refractivity contribution in [2.45, 2.75) is 38.3 Å². The zero-order valence-corrected chi connectivity index (χ0v) is 10.6. The van der Waals surface area contributed by atoms with Crippen LogP contribution in [0.3, 0.4) is 0 Å². The van der Waals surface area contributed by atoms with Crippen molar-refractivity contribution in [1.82, 2.24) is 10.6 Å². The molecule has 18 heavy (non-hydrogen) atoms. The van der Waals surface area contributed by atoms with Crippen LogP contribution in [0.5, 0.6) is 0 Å². The minimum absolute atomic E-state index is 0.0227. The quantitative estimate of drug-likeness (QED) is 0.859. The molecular formula is C14H19FN2O. The second-order valence-electron chi connectivity index (χ2n) is 4.67. The molecule has 0 aliphatic carbocycles. The van der Waals surface area contributed by atoms with Gasteiger partial charge < -0.3 is 5.32 Å². The van der Waals surface area contributed by atoms with Crippen LogP contribution in [0.25, 0.3) is 0 Å². The summed E-state index contributed by atoms with van der Waals surface area (Å²) in [5, 5.41) is 6.17. The fraction of sp³-hybridized carbons (Fsp3) is 0.500. The molecule has 1 saturated heterocycles. The van der Waals surface area contributed by atoms with Crippen molar-refractivity contribution in [2.75, 3.05) is 6.54 Å². The lowest BCUT2D eigenvalue weighted by Crippen LogP contribution is -2.49. The standard InChI is InChI=1S/C14H19FN2O/c1-2-12(10-5-3-6-11(15)9-10)17-13-7-4-8-16-14(13)18/h3,5-6,9,12-13,17H,2,4,7-8H2,1H3,(H,16,18). The van der Waals surface area contributed by atoms with Crippen molar-refractivity contribution in [3.63, 3.8) is 0 Å². The van der Waals surface area contributed by atoms with Crippen molar-refractivity contribution in [3.8, 4) is 0 Å². The molecule has 4 heteroatoms.